The minimum Gasteiger partial charge on any atom is -0.280 e. The number of rotatable bonds is 4. The molecule has 2 N–H and O–H groups in total. The molecule has 0 amide bonds. The maximum Gasteiger partial charge on any atom is 0.289 e. The Hall–Kier alpha value is -1.94. The molecular formula is C11H11BrN4O4S. The number of nitrogens with zero attached hydrogens (tertiary/aromatic N) is 2. The first-order chi connectivity index (χ1) is 9.72. The second-order valence-electron chi connectivity index (χ2n) is 4.28. The first-order valence-corrected chi connectivity index (χ1v) is 7.98. The van der Waals surface area contributed by atoms with Crippen LogP contribution in [-0.4, -0.2) is 23.5 Å². The standard InChI is InChI=1S/C11H11BrN4O4S/c1-6-11(7(2)14-13-6)15-21(19,20)10-5-8(12)3-4-9(10)16(17)18/h3-5,15H,1-2H3,(H,13,14). The molecule has 1 aromatic carbocycles. The van der Waals surface area contributed by atoms with Crippen molar-refractivity contribution in [2.75, 3.05) is 4.72 Å². The van der Waals surface area contributed by atoms with E-state index in [2.05, 4.69) is 30.8 Å². The van der Waals surface area contributed by atoms with Gasteiger partial charge >= 0.3 is 0 Å². The van der Waals surface area contributed by atoms with Crippen LogP contribution >= 0.6 is 15.9 Å². The minimum absolute atomic E-state index is 0.282. The number of H-pyrrole nitrogens is 1. The van der Waals surface area contributed by atoms with Crippen molar-refractivity contribution < 1.29 is 13.3 Å². The van der Waals surface area contributed by atoms with Crippen LogP contribution in [-0.2, 0) is 10.0 Å². The summed E-state index contributed by atoms with van der Waals surface area (Å²) in [4.78, 5) is 9.84. The first kappa shape index (κ1) is 15.4. The molecule has 0 saturated carbocycles. The summed E-state index contributed by atoms with van der Waals surface area (Å²) in [6.07, 6.45) is 0. The molecule has 0 atom stereocenters. The van der Waals surface area contributed by atoms with Gasteiger partial charge in [-0.25, -0.2) is 8.42 Å². The molecule has 0 spiro atoms. The Morgan fingerprint density at radius 2 is 2.05 bits per heavy atom. The quantitative estimate of drug-likeness (QED) is 0.629. The number of sulfonamides is 1. The van der Waals surface area contributed by atoms with E-state index in [1.165, 1.54) is 12.1 Å². The highest BCUT2D eigenvalue weighted by molar-refractivity contribution is 9.10. The van der Waals surface area contributed by atoms with Crippen LogP contribution in [0.3, 0.4) is 0 Å². The molecule has 21 heavy (non-hydrogen) atoms. The van der Waals surface area contributed by atoms with E-state index >= 15 is 0 Å². The van der Waals surface area contributed by atoms with E-state index in [1.54, 1.807) is 13.8 Å². The lowest BCUT2D eigenvalue weighted by Gasteiger charge is -2.09. The van der Waals surface area contributed by atoms with Crippen LogP contribution in [0.2, 0.25) is 0 Å². The topological polar surface area (TPSA) is 118 Å². The average Bonchev–Trinajstić information content (AvgIpc) is 2.70. The van der Waals surface area contributed by atoms with Gasteiger partial charge in [0.05, 0.1) is 22.0 Å². The van der Waals surface area contributed by atoms with Gasteiger partial charge in [-0.05, 0) is 26.0 Å². The first-order valence-electron chi connectivity index (χ1n) is 5.70. The third-order valence-corrected chi connectivity index (χ3v) is 4.64. The van der Waals surface area contributed by atoms with Crippen molar-refractivity contribution in [3.8, 4) is 0 Å². The molecule has 10 heteroatoms. The lowest BCUT2D eigenvalue weighted by molar-refractivity contribution is -0.387. The normalized spacial score (nSPS) is 11.4. The van der Waals surface area contributed by atoms with E-state index in [0.717, 1.165) is 6.07 Å². The van der Waals surface area contributed by atoms with Crippen molar-refractivity contribution in [2.24, 2.45) is 0 Å². The van der Waals surface area contributed by atoms with E-state index in [0.29, 0.717) is 15.9 Å². The summed E-state index contributed by atoms with van der Waals surface area (Å²) in [5.74, 6) is 0. The molecule has 1 heterocycles. The van der Waals surface area contributed by atoms with E-state index in [4.69, 9.17) is 0 Å². The molecule has 2 aromatic rings. The Morgan fingerprint density at radius 1 is 1.38 bits per heavy atom. The summed E-state index contributed by atoms with van der Waals surface area (Å²) in [6, 6.07) is 3.73. The largest absolute Gasteiger partial charge is 0.289 e. The van der Waals surface area contributed by atoms with E-state index in [1.807, 2.05) is 0 Å². The predicted octanol–water partition coefficient (Wildman–Crippen LogP) is 2.50. The fourth-order valence-corrected chi connectivity index (χ4v) is 3.64. The average molecular weight is 375 g/mol. The van der Waals surface area contributed by atoms with Gasteiger partial charge in [0.15, 0.2) is 4.90 Å². The summed E-state index contributed by atoms with van der Waals surface area (Å²) >= 11 is 3.11. The molecule has 0 radical (unpaired) electrons. The highest BCUT2D eigenvalue weighted by atomic mass is 79.9. The molecule has 8 nitrogen and oxygen atoms in total. The molecule has 112 valence electrons. The van der Waals surface area contributed by atoms with Gasteiger partial charge in [-0.3, -0.25) is 19.9 Å². The third-order valence-electron chi connectivity index (χ3n) is 2.77. The van der Waals surface area contributed by atoms with Crippen LogP contribution in [0.15, 0.2) is 27.6 Å². The van der Waals surface area contributed by atoms with Crippen LogP contribution < -0.4 is 4.72 Å². The SMILES string of the molecule is Cc1n[nH]c(C)c1NS(=O)(=O)c1cc(Br)ccc1[N+](=O)[O-]. The summed E-state index contributed by atoms with van der Waals surface area (Å²) in [7, 11) is -4.11. The van der Waals surface area contributed by atoms with Gasteiger partial charge in [0.1, 0.15) is 0 Å². The van der Waals surface area contributed by atoms with Gasteiger partial charge in [-0.1, -0.05) is 15.9 Å². The van der Waals surface area contributed by atoms with Gasteiger partial charge in [-0.15, -0.1) is 0 Å². The van der Waals surface area contributed by atoms with Crippen LogP contribution in [0.25, 0.3) is 0 Å². The minimum atomic E-state index is -4.11. The number of anilines is 1. The third kappa shape index (κ3) is 3.05. The Balaban J connectivity index is 2.55. The maximum absolute atomic E-state index is 12.4. The molecule has 0 unspecified atom stereocenters. The zero-order chi connectivity index (χ0) is 15.8. The zero-order valence-electron chi connectivity index (χ0n) is 11.0. The van der Waals surface area contributed by atoms with Gasteiger partial charge < -0.3 is 0 Å². The number of hydrogen-bond acceptors (Lipinski definition) is 5. The molecular weight excluding hydrogens is 364 g/mol. The molecule has 0 aliphatic carbocycles. The highest BCUT2D eigenvalue weighted by Crippen LogP contribution is 2.29. The van der Waals surface area contributed by atoms with Crippen LogP contribution in [0.1, 0.15) is 11.4 Å². The Kier molecular flexibility index (Phi) is 4.01. The number of benzene rings is 1. The zero-order valence-corrected chi connectivity index (χ0v) is 13.4. The van der Waals surface area contributed by atoms with Crippen molar-refractivity contribution in [1.29, 1.82) is 0 Å². The second kappa shape index (κ2) is 5.45. The Bertz CT molecular complexity index is 796. The lowest BCUT2D eigenvalue weighted by Crippen LogP contribution is -2.15. The molecule has 0 aliphatic heterocycles. The number of halogens is 1. The summed E-state index contributed by atoms with van der Waals surface area (Å²) in [5.41, 5.74) is 0.760. The second-order valence-corrected chi connectivity index (χ2v) is 6.85. The number of aryl methyl sites for hydroxylation is 2. The van der Waals surface area contributed by atoms with Crippen molar-refractivity contribution in [3.63, 3.8) is 0 Å². The number of nitro benzene ring substituents is 1. The summed E-state index contributed by atoms with van der Waals surface area (Å²) in [6.45, 7) is 3.27. The lowest BCUT2D eigenvalue weighted by atomic mass is 10.3. The molecule has 0 fully saturated rings. The highest BCUT2D eigenvalue weighted by Gasteiger charge is 2.27. The van der Waals surface area contributed by atoms with Crippen LogP contribution in [0.4, 0.5) is 11.4 Å². The van der Waals surface area contributed by atoms with Gasteiger partial charge in [-0.2, -0.15) is 5.10 Å². The summed E-state index contributed by atoms with van der Waals surface area (Å²) < 4.78 is 27.6. The van der Waals surface area contributed by atoms with Gasteiger partial charge in [0, 0.05) is 10.5 Å². The van der Waals surface area contributed by atoms with Crippen LogP contribution in [0, 0.1) is 24.0 Å². The monoisotopic (exact) mass is 374 g/mol. The van der Waals surface area contributed by atoms with Crippen molar-refractivity contribution in [3.05, 3.63) is 44.2 Å². The van der Waals surface area contributed by atoms with Gasteiger partial charge in [0.2, 0.25) is 0 Å². The summed E-state index contributed by atoms with van der Waals surface area (Å²) in [5, 5.41) is 17.5. The van der Waals surface area contributed by atoms with Crippen LogP contribution in [0.5, 0.6) is 0 Å². The molecule has 0 bridgehead atoms. The number of hydrogen-bond donors (Lipinski definition) is 2. The Labute approximate surface area is 128 Å². The number of nitro groups is 1. The van der Waals surface area contributed by atoms with E-state index in [-0.39, 0.29) is 5.69 Å². The fourth-order valence-electron chi connectivity index (χ4n) is 1.74. The molecule has 2 rings (SSSR count). The fraction of sp³-hybridized carbons (Fsp3) is 0.182. The molecule has 0 aliphatic rings. The maximum atomic E-state index is 12.4. The number of aromatic amines is 1. The Morgan fingerprint density at radius 3 is 2.57 bits per heavy atom. The van der Waals surface area contributed by atoms with Gasteiger partial charge in [0.25, 0.3) is 15.7 Å². The van der Waals surface area contributed by atoms with Crippen molar-refractivity contribution >= 4 is 37.3 Å². The molecule has 1 aromatic heterocycles. The smallest absolute Gasteiger partial charge is 0.280 e. The van der Waals surface area contributed by atoms with E-state index in [9.17, 15) is 18.5 Å². The van der Waals surface area contributed by atoms with Crippen molar-refractivity contribution in [2.45, 2.75) is 18.7 Å². The molecule has 0 saturated heterocycles. The number of aromatic nitrogens is 2. The predicted molar refractivity (Wildman–Crippen MR) is 79.7 cm³/mol. The van der Waals surface area contributed by atoms with E-state index < -0.39 is 25.5 Å². The van der Waals surface area contributed by atoms with Crippen molar-refractivity contribution in [1.82, 2.24) is 10.2 Å². The number of nitrogens with one attached hydrogen (secondary N) is 2.